The highest BCUT2D eigenvalue weighted by molar-refractivity contribution is 7.80. The van der Waals surface area contributed by atoms with Crippen molar-refractivity contribution in [2.24, 2.45) is 0 Å². The molecule has 0 radical (unpaired) electrons. The van der Waals surface area contributed by atoms with Gasteiger partial charge in [0.15, 0.2) is 16.6 Å². The number of hydrogen-bond donors (Lipinski definition) is 2. The SMILES string of the molecule is COc1ccc(NC(=S)Nc2ncn(Cc3ccc(F)cc3Cl)n2)cc1OC. The number of methoxy groups -OCH3 is 2. The number of hydrogen-bond acceptors (Lipinski definition) is 5. The van der Waals surface area contributed by atoms with Crippen LogP contribution in [0.3, 0.4) is 0 Å². The van der Waals surface area contributed by atoms with Crippen LogP contribution in [0, 0.1) is 5.82 Å². The predicted molar refractivity (Wildman–Crippen MR) is 110 cm³/mol. The fraction of sp³-hybridized carbons (Fsp3) is 0.167. The van der Waals surface area contributed by atoms with E-state index in [-0.39, 0.29) is 5.82 Å². The van der Waals surface area contributed by atoms with E-state index in [9.17, 15) is 4.39 Å². The topological polar surface area (TPSA) is 73.2 Å². The van der Waals surface area contributed by atoms with Gasteiger partial charge in [-0.15, -0.1) is 5.10 Å². The maximum absolute atomic E-state index is 13.1. The number of ether oxygens (including phenoxy) is 2. The Kier molecular flexibility index (Phi) is 6.27. The molecule has 28 heavy (non-hydrogen) atoms. The van der Waals surface area contributed by atoms with Gasteiger partial charge < -0.3 is 14.8 Å². The molecule has 3 rings (SSSR count). The normalized spacial score (nSPS) is 10.4. The third kappa shape index (κ3) is 4.87. The highest BCUT2D eigenvalue weighted by atomic mass is 35.5. The number of anilines is 2. The molecule has 10 heteroatoms. The van der Waals surface area contributed by atoms with E-state index in [1.165, 1.54) is 18.5 Å². The number of nitrogens with zero attached hydrogens (tertiary/aromatic N) is 3. The van der Waals surface area contributed by atoms with Crippen molar-refractivity contribution in [2.75, 3.05) is 24.9 Å². The van der Waals surface area contributed by atoms with Gasteiger partial charge in [0.1, 0.15) is 12.1 Å². The van der Waals surface area contributed by atoms with Gasteiger partial charge >= 0.3 is 0 Å². The predicted octanol–water partition coefficient (Wildman–Crippen LogP) is 3.95. The Morgan fingerprint density at radius 2 is 1.93 bits per heavy atom. The lowest BCUT2D eigenvalue weighted by atomic mass is 10.2. The molecule has 2 aromatic carbocycles. The Morgan fingerprint density at radius 3 is 2.64 bits per heavy atom. The fourth-order valence-electron chi connectivity index (χ4n) is 2.43. The Hall–Kier alpha value is -2.91. The van der Waals surface area contributed by atoms with E-state index in [1.54, 1.807) is 43.2 Å². The first-order valence-corrected chi connectivity index (χ1v) is 8.90. The van der Waals surface area contributed by atoms with Crippen LogP contribution in [0.15, 0.2) is 42.7 Å². The van der Waals surface area contributed by atoms with Crippen LogP contribution in [0.4, 0.5) is 16.0 Å². The largest absolute Gasteiger partial charge is 0.493 e. The maximum atomic E-state index is 13.1. The maximum Gasteiger partial charge on any atom is 0.248 e. The summed E-state index contributed by atoms with van der Waals surface area (Å²) in [7, 11) is 3.13. The molecule has 0 atom stereocenters. The van der Waals surface area contributed by atoms with E-state index in [0.717, 1.165) is 5.56 Å². The smallest absolute Gasteiger partial charge is 0.248 e. The second kappa shape index (κ2) is 8.85. The van der Waals surface area contributed by atoms with Gasteiger partial charge in [-0.25, -0.2) is 14.1 Å². The van der Waals surface area contributed by atoms with Crippen molar-refractivity contribution in [2.45, 2.75) is 6.54 Å². The first-order valence-electron chi connectivity index (χ1n) is 8.12. The lowest BCUT2D eigenvalue weighted by Gasteiger charge is -2.11. The fourth-order valence-corrected chi connectivity index (χ4v) is 2.87. The van der Waals surface area contributed by atoms with Gasteiger partial charge in [-0.05, 0) is 42.0 Å². The molecule has 1 aromatic heterocycles. The van der Waals surface area contributed by atoms with Gasteiger partial charge in [0, 0.05) is 16.8 Å². The molecule has 0 bridgehead atoms. The zero-order chi connectivity index (χ0) is 20.1. The molecular weight excluding hydrogens is 405 g/mol. The minimum absolute atomic E-state index is 0.310. The monoisotopic (exact) mass is 421 g/mol. The summed E-state index contributed by atoms with van der Waals surface area (Å²) in [5.41, 5.74) is 1.44. The van der Waals surface area contributed by atoms with Gasteiger partial charge in [-0.2, -0.15) is 0 Å². The van der Waals surface area contributed by atoms with Gasteiger partial charge in [-0.1, -0.05) is 17.7 Å². The lowest BCUT2D eigenvalue weighted by Crippen LogP contribution is -2.20. The standard InChI is InChI=1S/C18H17ClFN5O2S/c1-26-15-6-5-13(8-16(15)27-2)22-18(28)23-17-21-10-25(24-17)9-11-3-4-12(20)7-14(11)19/h3-8,10H,9H2,1-2H3,(H2,22,23,24,28). The number of rotatable bonds is 6. The average Bonchev–Trinajstić information content (AvgIpc) is 3.10. The van der Waals surface area contributed by atoms with Crippen LogP contribution in [-0.2, 0) is 6.54 Å². The lowest BCUT2D eigenvalue weighted by molar-refractivity contribution is 0.355. The zero-order valence-corrected chi connectivity index (χ0v) is 16.6. The van der Waals surface area contributed by atoms with Gasteiger partial charge in [-0.3, -0.25) is 5.32 Å². The van der Waals surface area contributed by atoms with Crippen molar-refractivity contribution in [3.8, 4) is 11.5 Å². The first-order chi connectivity index (χ1) is 13.5. The summed E-state index contributed by atoms with van der Waals surface area (Å²) in [6.07, 6.45) is 1.53. The summed E-state index contributed by atoms with van der Waals surface area (Å²) in [5, 5.41) is 10.8. The van der Waals surface area contributed by atoms with E-state index >= 15 is 0 Å². The molecule has 0 aliphatic rings. The van der Waals surface area contributed by atoms with Gasteiger partial charge in [0.25, 0.3) is 0 Å². The van der Waals surface area contributed by atoms with E-state index in [1.807, 2.05) is 0 Å². The molecule has 0 aliphatic carbocycles. The second-order valence-corrected chi connectivity index (χ2v) is 6.47. The third-order valence-electron chi connectivity index (χ3n) is 3.75. The summed E-state index contributed by atoms with van der Waals surface area (Å²) in [6, 6.07) is 9.54. The van der Waals surface area contributed by atoms with E-state index in [4.69, 9.17) is 33.3 Å². The summed E-state index contributed by atoms with van der Waals surface area (Å²) in [5.74, 6) is 1.12. The Bertz CT molecular complexity index is 998. The molecular formula is C18H17ClFN5O2S. The highest BCUT2D eigenvalue weighted by Gasteiger charge is 2.09. The molecule has 2 N–H and O–H groups in total. The molecule has 146 valence electrons. The minimum Gasteiger partial charge on any atom is -0.493 e. The van der Waals surface area contributed by atoms with E-state index in [2.05, 4.69) is 20.7 Å². The van der Waals surface area contributed by atoms with E-state index in [0.29, 0.717) is 39.8 Å². The summed E-state index contributed by atoms with van der Waals surface area (Å²) in [6.45, 7) is 0.351. The number of thiocarbonyl (C=S) groups is 1. The summed E-state index contributed by atoms with van der Waals surface area (Å²) < 4.78 is 25.2. The molecule has 0 spiro atoms. The zero-order valence-electron chi connectivity index (χ0n) is 15.1. The van der Waals surface area contributed by atoms with Gasteiger partial charge in [0.2, 0.25) is 5.95 Å². The van der Waals surface area contributed by atoms with Crippen LogP contribution < -0.4 is 20.1 Å². The van der Waals surface area contributed by atoms with Crippen molar-refractivity contribution in [1.82, 2.24) is 14.8 Å². The molecule has 0 amide bonds. The van der Waals surface area contributed by atoms with E-state index < -0.39 is 0 Å². The van der Waals surface area contributed by atoms with Gasteiger partial charge in [0.05, 0.1) is 20.8 Å². The molecule has 0 saturated carbocycles. The molecule has 7 nitrogen and oxygen atoms in total. The number of halogens is 2. The number of aromatic nitrogens is 3. The number of nitrogens with one attached hydrogen (secondary N) is 2. The van der Waals surface area contributed by atoms with Crippen molar-refractivity contribution in [3.05, 3.63) is 59.1 Å². The van der Waals surface area contributed by atoms with Crippen LogP contribution in [0.2, 0.25) is 5.02 Å². The second-order valence-electron chi connectivity index (χ2n) is 5.65. The highest BCUT2D eigenvalue weighted by Crippen LogP contribution is 2.29. The molecule has 0 fully saturated rings. The molecule has 3 aromatic rings. The van der Waals surface area contributed by atoms with Crippen LogP contribution in [0.5, 0.6) is 11.5 Å². The third-order valence-corrected chi connectivity index (χ3v) is 4.31. The molecule has 0 aliphatic heterocycles. The van der Waals surface area contributed by atoms with Crippen molar-refractivity contribution in [3.63, 3.8) is 0 Å². The Labute approximate surface area is 171 Å². The number of benzene rings is 2. The summed E-state index contributed by atoms with van der Waals surface area (Å²) >= 11 is 11.3. The first kappa shape index (κ1) is 19.8. The Balaban J connectivity index is 1.62. The van der Waals surface area contributed by atoms with Crippen LogP contribution >= 0.6 is 23.8 Å². The van der Waals surface area contributed by atoms with Crippen LogP contribution in [0.25, 0.3) is 0 Å². The van der Waals surface area contributed by atoms with Crippen LogP contribution in [-0.4, -0.2) is 34.1 Å². The Morgan fingerprint density at radius 1 is 1.14 bits per heavy atom. The van der Waals surface area contributed by atoms with Crippen LogP contribution in [0.1, 0.15) is 5.56 Å². The quantitative estimate of drug-likeness (QED) is 0.584. The average molecular weight is 422 g/mol. The van der Waals surface area contributed by atoms with Crippen molar-refractivity contribution < 1.29 is 13.9 Å². The molecule has 0 unspecified atom stereocenters. The minimum atomic E-state index is -0.388. The summed E-state index contributed by atoms with van der Waals surface area (Å²) in [4.78, 5) is 4.15. The van der Waals surface area contributed by atoms with Crippen molar-refractivity contribution >= 4 is 40.6 Å². The molecule has 0 saturated heterocycles. The molecule has 1 heterocycles. The van der Waals surface area contributed by atoms with Crippen molar-refractivity contribution in [1.29, 1.82) is 0 Å².